The number of allylic oxidation sites excluding steroid dienone is 1. The molecule has 3 aromatic carbocycles. The third kappa shape index (κ3) is 1.97. The number of amides is 1. The maximum Gasteiger partial charge on any atom is 0.288 e. The molecule has 4 nitrogen and oxygen atoms in total. The van der Waals surface area contributed by atoms with Crippen LogP contribution in [0.25, 0.3) is 16.3 Å². The molecule has 0 atom stereocenters. The zero-order chi connectivity index (χ0) is 17.8. The second kappa shape index (κ2) is 5.32. The van der Waals surface area contributed by atoms with Gasteiger partial charge in [-0.2, -0.15) is 5.26 Å². The number of nitrogens with two attached hydrogens (primary N) is 1. The first-order valence-corrected chi connectivity index (χ1v) is 8.86. The van der Waals surface area contributed by atoms with Gasteiger partial charge in [-0.1, -0.05) is 36.0 Å². The summed E-state index contributed by atoms with van der Waals surface area (Å²) in [5, 5.41) is 11.6. The lowest BCUT2D eigenvalue weighted by molar-refractivity contribution is -0.113. The van der Waals surface area contributed by atoms with E-state index in [0.29, 0.717) is 17.0 Å². The van der Waals surface area contributed by atoms with Gasteiger partial charge < -0.3 is 5.73 Å². The number of anilines is 1. The number of benzene rings is 3. The molecule has 0 spiro atoms. The molecule has 2 N–H and O–H groups in total. The summed E-state index contributed by atoms with van der Waals surface area (Å²) in [4.78, 5) is 18.4. The topological polar surface area (TPSA) is 79.2 Å². The highest BCUT2D eigenvalue weighted by Crippen LogP contribution is 2.47. The van der Waals surface area contributed by atoms with E-state index in [0.717, 1.165) is 31.7 Å². The van der Waals surface area contributed by atoms with Crippen LogP contribution in [0.2, 0.25) is 0 Å². The number of nitrogen functional groups attached to an aromatic ring is 1. The van der Waals surface area contributed by atoms with Crippen LogP contribution in [0.5, 0.6) is 0 Å². The maximum absolute atomic E-state index is 12.2. The Morgan fingerprint density at radius 1 is 1.04 bits per heavy atom. The van der Waals surface area contributed by atoms with E-state index in [9.17, 15) is 10.1 Å². The molecule has 0 radical (unpaired) electrons. The van der Waals surface area contributed by atoms with Crippen molar-refractivity contribution < 1.29 is 4.79 Å². The van der Waals surface area contributed by atoms with Crippen LogP contribution in [-0.2, 0) is 4.79 Å². The summed E-state index contributed by atoms with van der Waals surface area (Å²) in [7, 11) is 0. The molecule has 0 fully saturated rings. The standard InChI is InChI=1S/C21H11N3OS/c22-10-15-18-14-3-1-2-11-4-9-16(26-13-7-5-12(23)6-8-13)19(17(11)14)20(18)24-21(15)25/h1-9H,23H2. The summed E-state index contributed by atoms with van der Waals surface area (Å²) in [5.41, 5.74) is 9.77. The SMILES string of the molecule is N#CC1=C2C(=NC1=O)c1c(Sc3ccc(N)cc3)ccc3cccc2c13. The van der Waals surface area contributed by atoms with Crippen molar-refractivity contribution in [2.24, 2.45) is 4.99 Å². The number of fused-ring (bicyclic) bond motifs is 3. The summed E-state index contributed by atoms with van der Waals surface area (Å²) in [6, 6.07) is 19.8. The highest BCUT2D eigenvalue weighted by atomic mass is 32.2. The minimum absolute atomic E-state index is 0.132. The summed E-state index contributed by atoms with van der Waals surface area (Å²) in [6.07, 6.45) is 0. The molecule has 0 saturated carbocycles. The van der Waals surface area contributed by atoms with Crippen molar-refractivity contribution in [3.8, 4) is 6.07 Å². The third-order valence-corrected chi connectivity index (χ3v) is 5.72. The second-order valence-corrected chi connectivity index (χ2v) is 7.26. The van der Waals surface area contributed by atoms with E-state index in [1.807, 2.05) is 54.6 Å². The zero-order valence-corrected chi connectivity index (χ0v) is 14.3. The average Bonchev–Trinajstić information content (AvgIpc) is 3.14. The van der Waals surface area contributed by atoms with Gasteiger partial charge in [0.1, 0.15) is 11.6 Å². The predicted molar refractivity (Wildman–Crippen MR) is 103 cm³/mol. The van der Waals surface area contributed by atoms with Crippen molar-refractivity contribution in [1.29, 1.82) is 5.26 Å². The number of aliphatic imine (C=N–C) groups is 1. The second-order valence-electron chi connectivity index (χ2n) is 6.14. The highest BCUT2D eigenvalue weighted by Gasteiger charge is 2.37. The lowest BCUT2D eigenvalue weighted by Crippen LogP contribution is -1.96. The van der Waals surface area contributed by atoms with Crippen molar-refractivity contribution in [2.75, 3.05) is 5.73 Å². The van der Waals surface area contributed by atoms with Crippen LogP contribution in [0.3, 0.4) is 0 Å². The zero-order valence-electron chi connectivity index (χ0n) is 13.5. The quantitative estimate of drug-likeness (QED) is 0.701. The van der Waals surface area contributed by atoms with E-state index in [-0.39, 0.29) is 5.57 Å². The molecule has 3 aromatic rings. The van der Waals surface area contributed by atoms with Crippen molar-refractivity contribution >= 4 is 45.4 Å². The maximum atomic E-state index is 12.2. The fourth-order valence-electron chi connectivity index (χ4n) is 3.54. The van der Waals surface area contributed by atoms with E-state index in [1.165, 1.54) is 0 Å². The number of carbonyl (C=O) groups is 1. The molecule has 1 aliphatic carbocycles. The van der Waals surface area contributed by atoms with Crippen LogP contribution in [0, 0.1) is 11.3 Å². The minimum atomic E-state index is -0.451. The van der Waals surface area contributed by atoms with Gasteiger partial charge in [0, 0.05) is 32.0 Å². The van der Waals surface area contributed by atoms with Crippen LogP contribution < -0.4 is 5.73 Å². The average molecular weight is 353 g/mol. The van der Waals surface area contributed by atoms with Gasteiger partial charge in [-0.25, -0.2) is 4.99 Å². The van der Waals surface area contributed by atoms with Crippen LogP contribution in [0.1, 0.15) is 11.1 Å². The number of rotatable bonds is 2. The van der Waals surface area contributed by atoms with Crippen LogP contribution >= 0.6 is 11.8 Å². The third-order valence-electron chi connectivity index (χ3n) is 4.65. The summed E-state index contributed by atoms with van der Waals surface area (Å²) >= 11 is 1.60. The molecule has 2 aliphatic rings. The Morgan fingerprint density at radius 3 is 2.62 bits per heavy atom. The first-order valence-electron chi connectivity index (χ1n) is 8.05. The van der Waals surface area contributed by atoms with E-state index >= 15 is 0 Å². The predicted octanol–water partition coefficient (Wildman–Crippen LogP) is 4.19. The fraction of sp³-hybridized carbons (Fsp3) is 0. The Hall–Kier alpha value is -3.36. The monoisotopic (exact) mass is 353 g/mol. The fourth-order valence-corrected chi connectivity index (χ4v) is 4.50. The minimum Gasteiger partial charge on any atom is -0.399 e. The van der Waals surface area contributed by atoms with Gasteiger partial charge in [0.25, 0.3) is 5.91 Å². The Kier molecular flexibility index (Phi) is 3.05. The van der Waals surface area contributed by atoms with Crippen LogP contribution in [0.15, 0.2) is 75.0 Å². The molecule has 0 aromatic heterocycles. The molecule has 5 heteroatoms. The number of nitriles is 1. The number of hydrogen-bond donors (Lipinski definition) is 1. The first kappa shape index (κ1) is 14.9. The van der Waals surface area contributed by atoms with Gasteiger partial charge in [0.05, 0.1) is 5.71 Å². The molecular weight excluding hydrogens is 342 g/mol. The molecule has 122 valence electrons. The molecule has 0 saturated heterocycles. The summed E-state index contributed by atoms with van der Waals surface area (Å²) in [6.45, 7) is 0. The van der Waals surface area contributed by atoms with Gasteiger partial charge in [-0.05, 0) is 41.3 Å². The molecule has 1 heterocycles. The van der Waals surface area contributed by atoms with E-state index < -0.39 is 5.91 Å². The number of hydrogen-bond acceptors (Lipinski definition) is 4. The molecular formula is C21H11N3OS. The van der Waals surface area contributed by atoms with E-state index in [4.69, 9.17) is 5.73 Å². The first-order chi connectivity index (χ1) is 12.7. The molecule has 1 amide bonds. The smallest absolute Gasteiger partial charge is 0.288 e. The van der Waals surface area contributed by atoms with Crippen LogP contribution in [0.4, 0.5) is 5.69 Å². The summed E-state index contributed by atoms with van der Waals surface area (Å²) < 4.78 is 0. The Labute approximate surface area is 153 Å². The molecule has 0 unspecified atom stereocenters. The number of nitrogens with zero attached hydrogens (tertiary/aromatic N) is 2. The largest absolute Gasteiger partial charge is 0.399 e. The van der Waals surface area contributed by atoms with Crippen molar-refractivity contribution in [2.45, 2.75) is 9.79 Å². The van der Waals surface area contributed by atoms with Gasteiger partial charge in [-0.3, -0.25) is 4.79 Å². The number of carbonyl (C=O) groups excluding carboxylic acids is 1. The Morgan fingerprint density at radius 2 is 1.85 bits per heavy atom. The molecule has 5 rings (SSSR count). The van der Waals surface area contributed by atoms with E-state index in [1.54, 1.807) is 11.8 Å². The van der Waals surface area contributed by atoms with Crippen LogP contribution in [-0.4, -0.2) is 11.6 Å². The lowest BCUT2D eigenvalue weighted by Gasteiger charge is -2.09. The molecule has 0 bridgehead atoms. The normalized spacial score (nSPS) is 14.6. The van der Waals surface area contributed by atoms with Crippen molar-refractivity contribution in [3.63, 3.8) is 0 Å². The summed E-state index contributed by atoms with van der Waals surface area (Å²) in [5.74, 6) is -0.451. The molecule has 26 heavy (non-hydrogen) atoms. The van der Waals surface area contributed by atoms with Gasteiger partial charge >= 0.3 is 0 Å². The Bertz CT molecular complexity index is 1230. The molecule has 1 aliphatic heterocycles. The van der Waals surface area contributed by atoms with Crippen molar-refractivity contribution in [3.05, 3.63) is 71.3 Å². The Balaban J connectivity index is 1.77. The van der Waals surface area contributed by atoms with Gasteiger partial charge in [-0.15, -0.1) is 0 Å². The van der Waals surface area contributed by atoms with Crippen molar-refractivity contribution in [1.82, 2.24) is 0 Å². The van der Waals surface area contributed by atoms with Gasteiger partial charge in [0.2, 0.25) is 0 Å². The van der Waals surface area contributed by atoms with Gasteiger partial charge in [0.15, 0.2) is 0 Å². The highest BCUT2D eigenvalue weighted by molar-refractivity contribution is 7.99. The lowest BCUT2D eigenvalue weighted by atomic mass is 10.0. The van der Waals surface area contributed by atoms with E-state index in [2.05, 4.69) is 11.1 Å².